The molecule has 1 N–H and O–H groups in total. The van der Waals surface area contributed by atoms with Crippen molar-refractivity contribution in [1.29, 1.82) is 0 Å². The minimum absolute atomic E-state index is 0.0658. The van der Waals surface area contributed by atoms with Gasteiger partial charge in [-0.25, -0.2) is 14.8 Å². The fourth-order valence-corrected chi connectivity index (χ4v) is 4.38. The number of imidazole rings is 1. The Morgan fingerprint density at radius 1 is 1.41 bits per heavy atom. The van der Waals surface area contributed by atoms with Gasteiger partial charge in [0.05, 0.1) is 30.9 Å². The van der Waals surface area contributed by atoms with Gasteiger partial charge < -0.3 is 14.4 Å². The highest BCUT2D eigenvalue weighted by molar-refractivity contribution is 7.98. The number of carbonyl (C=O) groups is 1. The number of aromatic nitrogens is 3. The van der Waals surface area contributed by atoms with Gasteiger partial charge in [-0.2, -0.15) is 0 Å². The normalized spacial score (nSPS) is 10.9. The number of hydrogen-bond donors (Lipinski definition) is 1. The lowest BCUT2D eigenvalue weighted by Gasteiger charge is -2.11. The standard InChI is InChI=1S/C19H21N3O3S2/c1-3-25-18(24)16-11-26-17(21-16)12-27-19-20-8-15(10-23)22(19)9-14-6-4-5-13(2)7-14/h4-8,11,23H,3,9-10,12H2,1-2H3. The van der Waals surface area contributed by atoms with Crippen LogP contribution >= 0.6 is 23.1 Å². The molecule has 0 saturated carbocycles. The monoisotopic (exact) mass is 403 g/mol. The number of hydrogen-bond acceptors (Lipinski definition) is 7. The van der Waals surface area contributed by atoms with Crippen molar-refractivity contribution in [2.24, 2.45) is 0 Å². The predicted molar refractivity (Wildman–Crippen MR) is 106 cm³/mol. The summed E-state index contributed by atoms with van der Waals surface area (Å²) in [7, 11) is 0. The van der Waals surface area contributed by atoms with Crippen LogP contribution < -0.4 is 0 Å². The van der Waals surface area contributed by atoms with E-state index in [2.05, 4.69) is 35.1 Å². The van der Waals surface area contributed by atoms with Crippen molar-refractivity contribution in [2.45, 2.75) is 37.9 Å². The molecule has 0 bridgehead atoms. The summed E-state index contributed by atoms with van der Waals surface area (Å²) in [6.45, 7) is 4.74. The Labute approximate surface area is 166 Å². The minimum atomic E-state index is -0.395. The van der Waals surface area contributed by atoms with Crippen molar-refractivity contribution in [3.8, 4) is 0 Å². The zero-order chi connectivity index (χ0) is 19.2. The van der Waals surface area contributed by atoms with Gasteiger partial charge in [-0.1, -0.05) is 41.6 Å². The van der Waals surface area contributed by atoms with E-state index < -0.39 is 5.97 Å². The summed E-state index contributed by atoms with van der Waals surface area (Å²) in [6.07, 6.45) is 1.70. The van der Waals surface area contributed by atoms with E-state index in [1.54, 1.807) is 18.5 Å². The van der Waals surface area contributed by atoms with Crippen molar-refractivity contribution >= 4 is 29.1 Å². The molecule has 8 heteroatoms. The van der Waals surface area contributed by atoms with Crippen LogP contribution in [0.15, 0.2) is 41.0 Å². The summed E-state index contributed by atoms with van der Waals surface area (Å²) in [5, 5.41) is 13.0. The van der Waals surface area contributed by atoms with Gasteiger partial charge in [0.1, 0.15) is 5.01 Å². The van der Waals surface area contributed by atoms with Crippen LogP contribution in [0.5, 0.6) is 0 Å². The third-order valence-corrected chi connectivity index (χ3v) is 5.88. The first kappa shape index (κ1) is 19.6. The molecule has 3 aromatic rings. The topological polar surface area (TPSA) is 77.2 Å². The molecular formula is C19H21N3O3S2. The van der Waals surface area contributed by atoms with E-state index in [0.29, 0.717) is 24.6 Å². The van der Waals surface area contributed by atoms with E-state index in [-0.39, 0.29) is 6.61 Å². The first-order valence-electron chi connectivity index (χ1n) is 8.55. The predicted octanol–water partition coefficient (Wildman–Crippen LogP) is 3.66. The number of aryl methyl sites for hydroxylation is 1. The van der Waals surface area contributed by atoms with Crippen LogP contribution in [0, 0.1) is 6.92 Å². The fourth-order valence-electron chi connectivity index (χ4n) is 2.60. The summed E-state index contributed by atoms with van der Waals surface area (Å²) in [6, 6.07) is 8.28. The maximum Gasteiger partial charge on any atom is 0.357 e. The molecule has 0 aliphatic carbocycles. The number of aliphatic hydroxyl groups is 1. The Morgan fingerprint density at radius 2 is 2.26 bits per heavy atom. The van der Waals surface area contributed by atoms with E-state index in [1.807, 2.05) is 10.6 Å². The molecule has 3 rings (SSSR count). The molecule has 0 amide bonds. The number of carbonyl (C=O) groups excluding carboxylic acids is 1. The molecule has 27 heavy (non-hydrogen) atoms. The number of rotatable bonds is 8. The summed E-state index contributed by atoms with van der Waals surface area (Å²) >= 11 is 2.96. The zero-order valence-corrected chi connectivity index (χ0v) is 16.8. The molecule has 2 aromatic heterocycles. The smallest absolute Gasteiger partial charge is 0.357 e. The van der Waals surface area contributed by atoms with Gasteiger partial charge in [0.2, 0.25) is 0 Å². The van der Waals surface area contributed by atoms with Gasteiger partial charge in [0.15, 0.2) is 10.9 Å². The zero-order valence-electron chi connectivity index (χ0n) is 15.2. The number of thioether (sulfide) groups is 1. The fraction of sp³-hybridized carbons (Fsp3) is 0.316. The molecule has 0 unspecified atom stereocenters. The van der Waals surface area contributed by atoms with Crippen molar-refractivity contribution in [3.05, 3.63) is 63.4 Å². The second-order valence-electron chi connectivity index (χ2n) is 5.90. The quantitative estimate of drug-likeness (QED) is 0.457. The molecule has 142 valence electrons. The third-order valence-electron chi connectivity index (χ3n) is 3.85. The number of ether oxygens (including phenoxy) is 1. The van der Waals surface area contributed by atoms with Gasteiger partial charge in [-0.3, -0.25) is 0 Å². The van der Waals surface area contributed by atoms with Crippen LogP contribution in [-0.2, 0) is 23.6 Å². The van der Waals surface area contributed by atoms with Gasteiger partial charge >= 0.3 is 5.97 Å². The highest BCUT2D eigenvalue weighted by Crippen LogP contribution is 2.26. The van der Waals surface area contributed by atoms with Crippen molar-refractivity contribution in [3.63, 3.8) is 0 Å². The molecule has 2 heterocycles. The average molecular weight is 404 g/mol. The SMILES string of the molecule is CCOC(=O)c1csc(CSc2ncc(CO)n2Cc2cccc(C)c2)n1. The van der Waals surface area contributed by atoms with E-state index in [1.165, 1.54) is 28.7 Å². The Hall–Kier alpha value is -2.16. The molecule has 0 spiro atoms. The Bertz CT molecular complexity index is 921. The largest absolute Gasteiger partial charge is 0.461 e. The lowest BCUT2D eigenvalue weighted by Crippen LogP contribution is -2.06. The average Bonchev–Trinajstić information content (AvgIpc) is 3.27. The van der Waals surface area contributed by atoms with E-state index in [0.717, 1.165) is 21.4 Å². The van der Waals surface area contributed by atoms with Crippen molar-refractivity contribution < 1.29 is 14.6 Å². The first-order valence-corrected chi connectivity index (χ1v) is 10.4. The van der Waals surface area contributed by atoms with Crippen molar-refractivity contribution in [2.75, 3.05) is 6.61 Å². The van der Waals surface area contributed by atoms with Crippen LogP contribution in [0.4, 0.5) is 0 Å². The van der Waals surface area contributed by atoms with E-state index >= 15 is 0 Å². The number of nitrogens with zero attached hydrogens (tertiary/aromatic N) is 3. The third kappa shape index (κ3) is 4.97. The molecule has 0 aliphatic rings. The summed E-state index contributed by atoms with van der Waals surface area (Å²) in [5.41, 5.74) is 3.46. The molecule has 1 aromatic carbocycles. The molecule has 0 radical (unpaired) electrons. The summed E-state index contributed by atoms with van der Waals surface area (Å²) in [5.74, 6) is 0.202. The Morgan fingerprint density at radius 3 is 3.00 bits per heavy atom. The van der Waals surface area contributed by atoms with Crippen LogP contribution in [0.1, 0.15) is 39.2 Å². The highest BCUT2D eigenvalue weighted by Gasteiger charge is 2.14. The Balaban J connectivity index is 1.72. The Kier molecular flexibility index (Phi) is 6.65. The van der Waals surface area contributed by atoms with Gasteiger partial charge in [-0.15, -0.1) is 11.3 Å². The number of aliphatic hydroxyl groups excluding tert-OH is 1. The summed E-state index contributed by atoms with van der Waals surface area (Å²) < 4.78 is 6.98. The van der Waals surface area contributed by atoms with Gasteiger partial charge in [0.25, 0.3) is 0 Å². The summed E-state index contributed by atoms with van der Waals surface area (Å²) in [4.78, 5) is 20.5. The molecule has 6 nitrogen and oxygen atoms in total. The molecular weight excluding hydrogens is 382 g/mol. The maximum atomic E-state index is 11.7. The molecule has 0 fully saturated rings. The van der Waals surface area contributed by atoms with E-state index in [9.17, 15) is 9.90 Å². The van der Waals surface area contributed by atoms with Crippen LogP contribution in [-0.4, -0.2) is 32.2 Å². The maximum absolute atomic E-state index is 11.7. The first-order chi connectivity index (χ1) is 13.1. The number of benzene rings is 1. The van der Waals surface area contributed by atoms with Gasteiger partial charge in [0, 0.05) is 11.9 Å². The van der Waals surface area contributed by atoms with Crippen molar-refractivity contribution in [1.82, 2.24) is 14.5 Å². The van der Waals surface area contributed by atoms with Crippen LogP contribution in [0.3, 0.4) is 0 Å². The molecule has 0 saturated heterocycles. The number of thiazole rings is 1. The highest BCUT2D eigenvalue weighted by atomic mass is 32.2. The van der Waals surface area contributed by atoms with Crippen LogP contribution in [0.2, 0.25) is 0 Å². The lowest BCUT2D eigenvalue weighted by atomic mass is 10.1. The van der Waals surface area contributed by atoms with E-state index in [4.69, 9.17) is 4.74 Å². The minimum Gasteiger partial charge on any atom is -0.461 e. The second-order valence-corrected chi connectivity index (χ2v) is 7.79. The lowest BCUT2D eigenvalue weighted by molar-refractivity contribution is 0.0520. The second kappa shape index (κ2) is 9.16. The molecule has 0 aliphatic heterocycles. The van der Waals surface area contributed by atoms with Gasteiger partial charge in [-0.05, 0) is 19.4 Å². The van der Waals surface area contributed by atoms with Crippen LogP contribution in [0.25, 0.3) is 0 Å². The number of esters is 1. The molecule has 0 atom stereocenters.